The van der Waals surface area contributed by atoms with E-state index in [9.17, 15) is 0 Å². The molecule has 0 aliphatic carbocycles. The molecule has 0 aliphatic heterocycles. The van der Waals surface area contributed by atoms with Gasteiger partial charge >= 0.3 is 0 Å². The van der Waals surface area contributed by atoms with Gasteiger partial charge in [0.15, 0.2) is 0 Å². The van der Waals surface area contributed by atoms with Crippen molar-refractivity contribution in [3.63, 3.8) is 0 Å². The fourth-order valence-corrected chi connectivity index (χ4v) is 3.53. The van der Waals surface area contributed by atoms with E-state index in [1.807, 2.05) is 6.33 Å². The second kappa shape index (κ2) is 7.21. The molecule has 0 radical (unpaired) electrons. The lowest BCUT2D eigenvalue weighted by Gasteiger charge is -2.10. The summed E-state index contributed by atoms with van der Waals surface area (Å²) in [5, 5.41) is 2.67. The van der Waals surface area contributed by atoms with Gasteiger partial charge < -0.3 is 4.57 Å². The maximum Gasteiger partial charge on any atom is 0.0954 e. The van der Waals surface area contributed by atoms with Crippen LogP contribution in [-0.4, -0.2) is 9.55 Å². The highest BCUT2D eigenvalue weighted by molar-refractivity contribution is 5.83. The zero-order valence-corrected chi connectivity index (χ0v) is 15.3. The molecule has 2 nitrogen and oxygen atoms in total. The molecule has 2 heteroatoms. The molecule has 0 N–H and O–H groups in total. The Hall–Kier alpha value is -2.09. The number of imidazole rings is 1. The topological polar surface area (TPSA) is 17.8 Å². The Balaban J connectivity index is 1.91. The largest absolute Gasteiger partial charge is 0.330 e. The van der Waals surface area contributed by atoms with Crippen LogP contribution in [0.25, 0.3) is 10.8 Å². The minimum atomic E-state index is 0.691. The van der Waals surface area contributed by atoms with Gasteiger partial charge in [0.05, 0.1) is 12.0 Å². The molecule has 3 rings (SSSR count). The summed E-state index contributed by atoms with van der Waals surface area (Å²) in [5.41, 5.74) is 5.38. The molecule has 0 atom stereocenters. The predicted molar refractivity (Wildman–Crippen MR) is 103 cm³/mol. The number of aryl methyl sites for hydroxylation is 1. The third-order valence-electron chi connectivity index (χ3n) is 4.67. The van der Waals surface area contributed by atoms with Crippen molar-refractivity contribution in [1.82, 2.24) is 9.55 Å². The van der Waals surface area contributed by atoms with E-state index >= 15 is 0 Å². The zero-order valence-electron chi connectivity index (χ0n) is 15.3. The van der Waals surface area contributed by atoms with E-state index in [-0.39, 0.29) is 0 Å². The maximum atomic E-state index is 4.57. The summed E-state index contributed by atoms with van der Waals surface area (Å²) in [7, 11) is 0. The first-order valence-electron chi connectivity index (χ1n) is 9.15. The van der Waals surface area contributed by atoms with Crippen LogP contribution in [0, 0.1) is 5.92 Å². The number of fused-ring (bicyclic) bond motifs is 1. The van der Waals surface area contributed by atoms with Gasteiger partial charge in [0.1, 0.15) is 0 Å². The first kappa shape index (κ1) is 16.8. The molecular weight excluding hydrogens is 292 g/mol. The van der Waals surface area contributed by atoms with Gasteiger partial charge in [-0.05, 0) is 53.1 Å². The Morgan fingerprint density at radius 1 is 0.917 bits per heavy atom. The van der Waals surface area contributed by atoms with Crippen LogP contribution in [-0.2, 0) is 25.8 Å². The standard InChI is InChI=1S/C22H28N2/c1-5-21-22(6-2)24(15-23-21)14-18-8-10-19-9-7-17(11-16(3)4)12-20(19)13-18/h7-10,12-13,15-16H,5-6,11,14H2,1-4H3. The second-order valence-electron chi connectivity index (χ2n) is 7.09. The van der Waals surface area contributed by atoms with Gasteiger partial charge in [-0.2, -0.15) is 0 Å². The first-order valence-corrected chi connectivity index (χ1v) is 9.15. The van der Waals surface area contributed by atoms with Crippen LogP contribution >= 0.6 is 0 Å². The highest BCUT2D eigenvalue weighted by atomic mass is 15.1. The summed E-state index contributed by atoms with van der Waals surface area (Å²) in [6.07, 6.45) is 5.18. The minimum Gasteiger partial charge on any atom is -0.330 e. The number of hydrogen-bond acceptors (Lipinski definition) is 1. The molecule has 0 fully saturated rings. The molecule has 1 aromatic heterocycles. The fourth-order valence-electron chi connectivity index (χ4n) is 3.53. The fraction of sp³-hybridized carbons (Fsp3) is 0.409. The number of hydrogen-bond donors (Lipinski definition) is 0. The van der Waals surface area contributed by atoms with Crippen molar-refractivity contribution in [2.45, 2.75) is 53.5 Å². The van der Waals surface area contributed by atoms with Crippen LogP contribution in [0.2, 0.25) is 0 Å². The van der Waals surface area contributed by atoms with E-state index in [2.05, 4.69) is 73.6 Å². The van der Waals surface area contributed by atoms with Gasteiger partial charge in [-0.15, -0.1) is 0 Å². The van der Waals surface area contributed by atoms with Crippen LogP contribution < -0.4 is 0 Å². The lowest BCUT2D eigenvalue weighted by Crippen LogP contribution is -2.04. The van der Waals surface area contributed by atoms with Gasteiger partial charge in [-0.3, -0.25) is 0 Å². The van der Waals surface area contributed by atoms with Crippen molar-refractivity contribution >= 4 is 10.8 Å². The molecule has 126 valence electrons. The van der Waals surface area contributed by atoms with Crippen molar-refractivity contribution in [3.05, 3.63) is 65.2 Å². The van der Waals surface area contributed by atoms with E-state index in [0.717, 1.165) is 25.8 Å². The van der Waals surface area contributed by atoms with Crippen LogP contribution in [0.15, 0.2) is 42.7 Å². The Morgan fingerprint density at radius 3 is 2.29 bits per heavy atom. The monoisotopic (exact) mass is 320 g/mol. The Morgan fingerprint density at radius 2 is 1.62 bits per heavy atom. The van der Waals surface area contributed by atoms with E-state index < -0.39 is 0 Å². The highest BCUT2D eigenvalue weighted by Crippen LogP contribution is 2.21. The third-order valence-corrected chi connectivity index (χ3v) is 4.67. The smallest absolute Gasteiger partial charge is 0.0954 e. The number of nitrogens with zero attached hydrogens (tertiary/aromatic N) is 2. The first-order chi connectivity index (χ1) is 11.6. The van der Waals surface area contributed by atoms with Crippen molar-refractivity contribution in [2.24, 2.45) is 5.92 Å². The molecule has 0 unspecified atom stereocenters. The normalized spacial score (nSPS) is 11.5. The van der Waals surface area contributed by atoms with Crippen LogP contribution in [0.4, 0.5) is 0 Å². The molecule has 0 bridgehead atoms. The molecule has 0 spiro atoms. The number of rotatable bonds is 6. The van der Waals surface area contributed by atoms with Crippen molar-refractivity contribution in [1.29, 1.82) is 0 Å². The summed E-state index contributed by atoms with van der Waals surface area (Å²) in [5.74, 6) is 0.691. The van der Waals surface area contributed by atoms with Gasteiger partial charge in [-0.25, -0.2) is 4.98 Å². The molecule has 24 heavy (non-hydrogen) atoms. The van der Waals surface area contributed by atoms with Gasteiger partial charge in [0, 0.05) is 12.2 Å². The summed E-state index contributed by atoms with van der Waals surface area (Å²) >= 11 is 0. The minimum absolute atomic E-state index is 0.691. The Labute approximate surface area is 145 Å². The van der Waals surface area contributed by atoms with E-state index in [1.54, 1.807) is 0 Å². The SMILES string of the molecule is CCc1ncn(Cc2ccc3ccc(CC(C)C)cc3c2)c1CC. The predicted octanol–water partition coefficient (Wildman–Crippen LogP) is 5.41. The third kappa shape index (κ3) is 3.53. The van der Waals surface area contributed by atoms with Crippen LogP contribution in [0.1, 0.15) is 50.2 Å². The Kier molecular flexibility index (Phi) is 5.03. The summed E-state index contributed by atoms with van der Waals surface area (Å²) in [6.45, 7) is 9.85. The summed E-state index contributed by atoms with van der Waals surface area (Å²) in [6, 6.07) is 13.7. The molecular formula is C22H28N2. The second-order valence-corrected chi connectivity index (χ2v) is 7.09. The molecule has 1 heterocycles. The van der Waals surface area contributed by atoms with Gasteiger partial charge in [0.25, 0.3) is 0 Å². The number of benzene rings is 2. The highest BCUT2D eigenvalue weighted by Gasteiger charge is 2.08. The van der Waals surface area contributed by atoms with Crippen molar-refractivity contribution in [3.8, 4) is 0 Å². The molecule has 2 aromatic carbocycles. The summed E-state index contributed by atoms with van der Waals surface area (Å²) in [4.78, 5) is 4.57. The molecule has 0 amide bonds. The van der Waals surface area contributed by atoms with Crippen LogP contribution in [0.5, 0.6) is 0 Å². The van der Waals surface area contributed by atoms with Gasteiger partial charge in [-0.1, -0.05) is 58.0 Å². The maximum absolute atomic E-state index is 4.57. The number of aromatic nitrogens is 2. The van der Waals surface area contributed by atoms with Crippen LogP contribution in [0.3, 0.4) is 0 Å². The molecule has 0 saturated carbocycles. The lowest BCUT2D eigenvalue weighted by molar-refractivity contribution is 0.648. The van der Waals surface area contributed by atoms with Crippen molar-refractivity contribution in [2.75, 3.05) is 0 Å². The van der Waals surface area contributed by atoms with Crippen molar-refractivity contribution < 1.29 is 0 Å². The van der Waals surface area contributed by atoms with E-state index in [4.69, 9.17) is 0 Å². The quantitative estimate of drug-likeness (QED) is 0.594. The van der Waals surface area contributed by atoms with Gasteiger partial charge in [0.2, 0.25) is 0 Å². The molecule has 3 aromatic rings. The summed E-state index contributed by atoms with van der Waals surface area (Å²) < 4.78 is 2.30. The van der Waals surface area contributed by atoms with E-state index in [0.29, 0.717) is 5.92 Å². The van der Waals surface area contributed by atoms with E-state index in [1.165, 1.54) is 33.3 Å². The lowest BCUT2D eigenvalue weighted by atomic mass is 9.98. The molecule has 0 saturated heterocycles. The molecule has 0 aliphatic rings. The zero-order chi connectivity index (χ0) is 17.1. The average molecular weight is 320 g/mol. The Bertz CT molecular complexity index is 827. The average Bonchev–Trinajstić information content (AvgIpc) is 2.95.